The third kappa shape index (κ3) is 2.28. The zero-order chi connectivity index (χ0) is 14.3. The summed E-state index contributed by atoms with van der Waals surface area (Å²) in [6.45, 7) is 7.75. The van der Waals surface area contributed by atoms with Crippen molar-refractivity contribution >= 4 is 11.9 Å². The average molecular weight is 277 g/mol. The monoisotopic (exact) mass is 277 g/mol. The van der Waals surface area contributed by atoms with Crippen LogP contribution in [0.25, 0.3) is 0 Å². The van der Waals surface area contributed by atoms with Crippen LogP contribution in [-0.4, -0.2) is 64.0 Å². The van der Waals surface area contributed by atoms with Crippen LogP contribution in [-0.2, 0) is 6.54 Å². The van der Waals surface area contributed by atoms with Crippen LogP contribution in [0, 0.1) is 0 Å². The first kappa shape index (κ1) is 13.4. The Hall–Kier alpha value is -1.56. The third-order valence-electron chi connectivity index (χ3n) is 4.50. The number of imidazole rings is 1. The molecule has 3 rings (SSSR count). The molecule has 2 atom stereocenters. The molecule has 2 aliphatic rings. The number of fused-ring (bicyclic) bond motifs is 1. The lowest BCUT2D eigenvalue weighted by atomic mass is 10.1. The summed E-state index contributed by atoms with van der Waals surface area (Å²) in [5, 5.41) is 3.24. The molecule has 1 aromatic heterocycles. The Morgan fingerprint density at radius 1 is 1.35 bits per heavy atom. The number of piperazine rings is 1. The highest BCUT2D eigenvalue weighted by Crippen LogP contribution is 2.19. The second-order valence-corrected chi connectivity index (χ2v) is 6.00. The fourth-order valence-corrected chi connectivity index (χ4v) is 3.01. The van der Waals surface area contributed by atoms with Gasteiger partial charge in [-0.2, -0.15) is 0 Å². The molecule has 2 unspecified atom stereocenters. The summed E-state index contributed by atoms with van der Waals surface area (Å²) in [7, 11) is 2.12. The van der Waals surface area contributed by atoms with Crippen molar-refractivity contribution in [1.82, 2.24) is 19.4 Å². The number of anilines is 1. The zero-order valence-corrected chi connectivity index (χ0v) is 12.5. The number of hydrogen-bond donors (Lipinski definition) is 1. The number of hydrogen-bond acceptors (Lipinski definition) is 4. The number of likely N-dealkylation sites (N-methyl/N-ethyl adjacent to an activating group) is 1. The van der Waals surface area contributed by atoms with E-state index in [1.165, 1.54) is 0 Å². The lowest BCUT2D eigenvalue weighted by Crippen LogP contribution is -2.56. The standard InChI is InChI=1S/C14H23N5O/c1-10-7-19(8-11(2)17(10)3)13(20)12-9-18-6-4-5-15-14(18)16-12/h9-11H,4-8H2,1-3H3,(H,15,16). The molecular weight excluding hydrogens is 254 g/mol. The molecule has 0 radical (unpaired) electrons. The lowest BCUT2D eigenvalue weighted by molar-refractivity contribution is 0.0410. The largest absolute Gasteiger partial charge is 0.356 e. The van der Waals surface area contributed by atoms with E-state index in [2.05, 4.69) is 36.1 Å². The van der Waals surface area contributed by atoms with Gasteiger partial charge in [0.15, 0.2) is 0 Å². The lowest BCUT2D eigenvalue weighted by Gasteiger charge is -2.42. The van der Waals surface area contributed by atoms with Gasteiger partial charge in [0.1, 0.15) is 5.69 Å². The molecule has 1 fully saturated rings. The molecule has 1 aromatic rings. The summed E-state index contributed by atoms with van der Waals surface area (Å²) in [5.74, 6) is 0.885. The average Bonchev–Trinajstić information content (AvgIpc) is 2.87. The SMILES string of the molecule is CC1CN(C(=O)c2cn3c(n2)NCCC3)CC(C)N1C. The Morgan fingerprint density at radius 3 is 2.70 bits per heavy atom. The van der Waals surface area contributed by atoms with E-state index < -0.39 is 0 Å². The van der Waals surface area contributed by atoms with Crippen LogP contribution in [0.15, 0.2) is 6.20 Å². The maximum atomic E-state index is 12.6. The van der Waals surface area contributed by atoms with E-state index in [0.29, 0.717) is 17.8 Å². The van der Waals surface area contributed by atoms with Gasteiger partial charge in [0.25, 0.3) is 5.91 Å². The van der Waals surface area contributed by atoms with E-state index in [1.807, 2.05) is 15.7 Å². The van der Waals surface area contributed by atoms with Gasteiger partial charge in [-0.3, -0.25) is 9.69 Å². The van der Waals surface area contributed by atoms with Crippen LogP contribution >= 0.6 is 0 Å². The molecule has 0 bridgehead atoms. The predicted molar refractivity (Wildman–Crippen MR) is 77.9 cm³/mol. The van der Waals surface area contributed by atoms with Crippen molar-refractivity contribution in [2.75, 3.05) is 32.0 Å². The third-order valence-corrected chi connectivity index (χ3v) is 4.50. The van der Waals surface area contributed by atoms with Gasteiger partial charge >= 0.3 is 0 Å². The number of carbonyl (C=O) groups is 1. The number of carbonyl (C=O) groups excluding carboxylic acids is 1. The smallest absolute Gasteiger partial charge is 0.274 e. The summed E-state index contributed by atoms with van der Waals surface area (Å²) in [5.41, 5.74) is 0.568. The first-order chi connectivity index (χ1) is 9.56. The highest BCUT2D eigenvalue weighted by atomic mass is 16.2. The van der Waals surface area contributed by atoms with E-state index in [4.69, 9.17) is 0 Å². The van der Waals surface area contributed by atoms with Crippen LogP contribution in [0.5, 0.6) is 0 Å². The van der Waals surface area contributed by atoms with Crippen molar-refractivity contribution in [2.45, 2.75) is 38.9 Å². The summed E-state index contributed by atoms with van der Waals surface area (Å²) >= 11 is 0. The Bertz CT molecular complexity index is 476. The normalized spacial score (nSPS) is 27.1. The van der Waals surface area contributed by atoms with E-state index in [-0.39, 0.29) is 5.91 Å². The molecule has 6 heteroatoms. The van der Waals surface area contributed by atoms with Crippen LogP contribution in [0.4, 0.5) is 5.95 Å². The maximum absolute atomic E-state index is 12.6. The van der Waals surface area contributed by atoms with Gasteiger partial charge in [-0.1, -0.05) is 0 Å². The summed E-state index contributed by atoms with van der Waals surface area (Å²) in [4.78, 5) is 21.3. The topological polar surface area (TPSA) is 53.4 Å². The van der Waals surface area contributed by atoms with Crippen LogP contribution < -0.4 is 5.32 Å². The first-order valence-corrected chi connectivity index (χ1v) is 7.38. The Kier molecular flexibility index (Phi) is 3.41. The van der Waals surface area contributed by atoms with Gasteiger partial charge in [-0.25, -0.2) is 4.98 Å². The molecule has 0 aliphatic carbocycles. The number of amides is 1. The summed E-state index contributed by atoms with van der Waals surface area (Å²) < 4.78 is 2.04. The van der Waals surface area contributed by atoms with Crippen LogP contribution in [0.3, 0.4) is 0 Å². The van der Waals surface area contributed by atoms with Gasteiger partial charge in [-0.15, -0.1) is 0 Å². The highest BCUT2D eigenvalue weighted by Gasteiger charge is 2.31. The number of aryl methyl sites for hydroxylation is 1. The van der Waals surface area contributed by atoms with Crippen molar-refractivity contribution < 1.29 is 4.79 Å². The van der Waals surface area contributed by atoms with Crippen LogP contribution in [0.1, 0.15) is 30.8 Å². The van der Waals surface area contributed by atoms with Crippen molar-refractivity contribution in [1.29, 1.82) is 0 Å². The molecule has 2 aliphatic heterocycles. The van der Waals surface area contributed by atoms with Crippen molar-refractivity contribution in [2.24, 2.45) is 0 Å². The highest BCUT2D eigenvalue weighted by molar-refractivity contribution is 5.92. The zero-order valence-electron chi connectivity index (χ0n) is 12.5. The van der Waals surface area contributed by atoms with Gasteiger partial charge in [-0.05, 0) is 27.3 Å². The van der Waals surface area contributed by atoms with Crippen molar-refractivity contribution in [3.8, 4) is 0 Å². The molecule has 1 saturated heterocycles. The number of nitrogens with one attached hydrogen (secondary N) is 1. The van der Waals surface area contributed by atoms with Gasteiger partial charge < -0.3 is 14.8 Å². The van der Waals surface area contributed by atoms with E-state index >= 15 is 0 Å². The molecule has 3 heterocycles. The molecule has 1 N–H and O–H groups in total. The molecule has 110 valence electrons. The maximum Gasteiger partial charge on any atom is 0.274 e. The first-order valence-electron chi connectivity index (χ1n) is 7.38. The van der Waals surface area contributed by atoms with Crippen molar-refractivity contribution in [3.63, 3.8) is 0 Å². The molecule has 0 spiro atoms. The number of aromatic nitrogens is 2. The van der Waals surface area contributed by atoms with E-state index in [9.17, 15) is 4.79 Å². The second-order valence-electron chi connectivity index (χ2n) is 6.00. The number of rotatable bonds is 1. The molecule has 0 saturated carbocycles. The van der Waals surface area contributed by atoms with Gasteiger partial charge in [0.05, 0.1) is 0 Å². The fourth-order valence-electron chi connectivity index (χ4n) is 3.01. The minimum Gasteiger partial charge on any atom is -0.356 e. The number of nitrogens with zero attached hydrogens (tertiary/aromatic N) is 4. The summed E-state index contributed by atoms with van der Waals surface area (Å²) in [6, 6.07) is 0.774. The van der Waals surface area contributed by atoms with E-state index in [0.717, 1.165) is 38.5 Å². The molecule has 6 nitrogen and oxygen atoms in total. The molecule has 1 amide bonds. The quantitative estimate of drug-likeness (QED) is 0.827. The van der Waals surface area contributed by atoms with Gasteiger partial charge in [0, 0.05) is 44.5 Å². The van der Waals surface area contributed by atoms with E-state index in [1.54, 1.807) is 0 Å². The fraction of sp³-hybridized carbons (Fsp3) is 0.714. The Balaban J connectivity index is 1.77. The predicted octanol–water partition coefficient (Wildman–Crippen LogP) is 0.863. The van der Waals surface area contributed by atoms with Gasteiger partial charge in [0.2, 0.25) is 5.95 Å². The van der Waals surface area contributed by atoms with Crippen molar-refractivity contribution in [3.05, 3.63) is 11.9 Å². The summed E-state index contributed by atoms with van der Waals surface area (Å²) in [6.07, 6.45) is 2.97. The van der Waals surface area contributed by atoms with Crippen LogP contribution in [0.2, 0.25) is 0 Å². The molecule has 0 aromatic carbocycles. The second kappa shape index (κ2) is 5.09. The molecule has 20 heavy (non-hydrogen) atoms. The Labute approximate surface area is 119 Å². The Morgan fingerprint density at radius 2 is 2.05 bits per heavy atom. The molecular formula is C14H23N5O. The minimum atomic E-state index is 0.0560. The minimum absolute atomic E-state index is 0.0560.